The van der Waals surface area contributed by atoms with Crippen LogP contribution in [-0.4, -0.2) is 8.07 Å². The normalized spacial score (nSPS) is 13.2. The molecule has 3 heterocycles. The Morgan fingerprint density at radius 3 is 1.41 bits per heavy atom. The van der Waals surface area contributed by atoms with Gasteiger partial charge in [-0.05, 0) is 106 Å². The summed E-state index contributed by atoms with van der Waals surface area (Å²) < 4.78 is 13.4. The Balaban J connectivity index is 1.23. The average molecular weight is 773 g/mol. The molecule has 0 atom stereocenters. The molecule has 5 heteroatoms. The van der Waals surface area contributed by atoms with Gasteiger partial charge >= 0.3 is 0 Å². The molecule has 0 N–H and O–H groups in total. The Labute approximate surface area is 342 Å². The number of rotatable bonds is 6. The Bertz CT molecular complexity index is 3200. The Morgan fingerprint density at radius 2 is 0.814 bits per heavy atom. The monoisotopic (exact) mass is 772 g/mol. The van der Waals surface area contributed by atoms with Gasteiger partial charge in [0.1, 0.15) is 22.3 Å². The van der Waals surface area contributed by atoms with E-state index in [1.165, 1.54) is 26.4 Å². The van der Waals surface area contributed by atoms with Gasteiger partial charge < -0.3 is 18.6 Å². The third kappa shape index (κ3) is 5.08. The van der Waals surface area contributed by atoms with Crippen LogP contribution < -0.4 is 30.5 Å². The predicted molar refractivity (Wildman–Crippen MR) is 248 cm³/mol. The van der Waals surface area contributed by atoms with E-state index >= 15 is 0 Å². The van der Waals surface area contributed by atoms with Gasteiger partial charge in [-0.2, -0.15) is 0 Å². The van der Waals surface area contributed by atoms with E-state index in [-0.39, 0.29) is 0 Å². The van der Waals surface area contributed by atoms with Crippen LogP contribution >= 0.6 is 0 Å². The summed E-state index contributed by atoms with van der Waals surface area (Å²) in [6.07, 6.45) is 0. The van der Waals surface area contributed by atoms with Crippen LogP contribution in [0.15, 0.2) is 227 Å². The van der Waals surface area contributed by atoms with E-state index in [0.29, 0.717) is 0 Å². The third-order valence-corrected chi connectivity index (χ3v) is 16.9. The molecule has 0 radical (unpaired) electrons. The second kappa shape index (κ2) is 13.2. The van der Waals surface area contributed by atoms with E-state index in [9.17, 15) is 0 Å². The van der Waals surface area contributed by atoms with Crippen molar-refractivity contribution < 1.29 is 8.83 Å². The first kappa shape index (κ1) is 33.5. The van der Waals surface area contributed by atoms with Crippen molar-refractivity contribution in [2.24, 2.45) is 0 Å². The summed E-state index contributed by atoms with van der Waals surface area (Å²) in [4.78, 5) is 4.83. The zero-order valence-electron chi connectivity index (χ0n) is 32.0. The summed E-state index contributed by atoms with van der Waals surface area (Å²) in [6, 6.07) is 78.9. The van der Waals surface area contributed by atoms with Gasteiger partial charge in [-0.15, -0.1) is 0 Å². The minimum absolute atomic E-state index is 0.885. The lowest BCUT2D eigenvalue weighted by molar-refractivity contribution is 0.669. The minimum atomic E-state index is -3.25. The molecule has 9 aromatic carbocycles. The molecule has 0 aliphatic carbocycles. The van der Waals surface area contributed by atoms with Gasteiger partial charge in [-0.1, -0.05) is 133 Å². The molecule has 0 saturated heterocycles. The molecular weight excluding hydrogens is 737 g/mol. The molecule has 0 unspecified atom stereocenters. The van der Waals surface area contributed by atoms with Gasteiger partial charge in [0.2, 0.25) is 0 Å². The van der Waals surface area contributed by atoms with Crippen molar-refractivity contribution in [2.75, 3.05) is 9.80 Å². The Hall–Kier alpha value is -7.60. The molecule has 1 aliphatic rings. The van der Waals surface area contributed by atoms with Crippen molar-refractivity contribution >= 4 is 107 Å². The van der Waals surface area contributed by atoms with Gasteiger partial charge in [0.15, 0.2) is 8.07 Å². The first-order valence-electron chi connectivity index (χ1n) is 20.1. The van der Waals surface area contributed by atoms with E-state index in [4.69, 9.17) is 8.83 Å². The number of anilines is 6. The highest BCUT2D eigenvalue weighted by Gasteiger charge is 2.50. The summed E-state index contributed by atoms with van der Waals surface area (Å²) >= 11 is 0. The fraction of sp³-hybridized carbons (Fsp3) is 0. The molecule has 0 amide bonds. The van der Waals surface area contributed by atoms with Crippen molar-refractivity contribution in [3.05, 3.63) is 218 Å². The topological polar surface area (TPSA) is 32.8 Å². The second-order valence-corrected chi connectivity index (χ2v) is 19.0. The first-order chi connectivity index (χ1) is 29.3. The highest BCUT2D eigenvalue weighted by Crippen LogP contribution is 2.42. The number of furan rings is 2. The molecule has 0 fully saturated rings. The quantitative estimate of drug-likeness (QED) is 0.158. The largest absolute Gasteiger partial charge is 0.456 e. The zero-order chi connectivity index (χ0) is 38.9. The number of fused-ring (bicyclic) bond motifs is 8. The summed E-state index contributed by atoms with van der Waals surface area (Å²) in [5, 5.41) is 9.53. The minimum Gasteiger partial charge on any atom is -0.456 e. The third-order valence-electron chi connectivity index (χ3n) is 12.1. The molecule has 12 rings (SSSR count). The maximum Gasteiger partial charge on any atom is 0.184 e. The average Bonchev–Trinajstić information content (AvgIpc) is 3.87. The SMILES string of the molecule is c1ccc(N(c2ccccc2)c2ccc3c(c2)[Si](c2ccc4c(c2)oc2ccccc24)(c2ccc4c(c2)oc2ccccc24)c2ccccc2N3c2ccccc2)cc1. The van der Waals surface area contributed by atoms with Crippen LogP contribution in [-0.2, 0) is 0 Å². The highest BCUT2D eigenvalue weighted by atomic mass is 28.3. The van der Waals surface area contributed by atoms with Crippen LogP contribution in [0.3, 0.4) is 0 Å². The van der Waals surface area contributed by atoms with Crippen LogP contribution in [0.25, 0.3) is 43.9 Å². The summed E-state index contributed by atoms with van der Waals surface area (Å²) in [5.74, 6) is 0. The Kier molecular flexibility index (Phi) is 7.52. The molecule has 278 valence electrons. The van der Waals surface area contributed by atoms with Crippen molar-refractivity contribution in [3.63, 3.8) is 0 Å². The highest BCUT2D eigenvalue weighted by molar-refractivity contribution is 7.21. The molecule has 0 bridgehead atoms. The van der Waals surface area contributed by atoms with Crippen molar-refractivity contribution in [1.29, 1.82) is 0 Å². The summed E-state index contributed by atoms with van der Waals surface area (Å²) in [6.45, 7) is 0. The molecular formula is C54H36N2O2Si. The van der Waals surface area contributed by atoms with Crippen LogP contribution in [0.1, 0.15) is 0 Å². The summed E-state index contributed by atoms with van der Waals surface area (Å²) in [5.41, 5.74) is 10.3. The van der Waals surface area contributed by atoms with E-state index < -0.39 is 8.07 Å². The van der Waals surface area contributed by atoms with E-state index in [0.717, 1.165) is 72.3 Å². The van der Waals surface area contributed by atoms with Crippen molar-refractivity contribution in [1.82, 2.24) is 0 Å². The molecule has 11 aromatic rings. The zero-order valence-corrected chi connectivity index (χ0v) is 33.0. The first-order valence-corrected chi connectivity index (χ1v) is 22.1. The van der Waals surface area contributed by atoms with Gasteiger partial charge in [-0.25, -0.2) is 0 Å². The fourth-order valence-electron chi connectivity index (χ4n) is 9.58. The van der Waals surface area contributed by atoms with Crippen LogP contribution in [0.2, 0.25) is 0 Å². The molecule has 1 aliphatic heterocycles. The van der Waals surface area contributed by atoms with E-state index in [1.54, 1.807) is 0 Å². The van der Waals surface area contributed by atoms with Crippen molar-refractivity contribution in [3.8, 4) is 0 Å². The van der Waals surface area contributed by atoms with Crippen LogP contribution in [0.4, 0.5) is 34.1 Å². The lowest BCUT2D eigenvalue weighted by atomic mass is 10.1. The van der Waals surface area contributed by atoms with Crippen molar-refractivity contribution in [2.45, 2.75) is 0 Å². The van der Waals surface area contributed by atoms with Crippen LogP contribution in [0, 0.1) is 0 Å². The molecule has 2 aromatic heterocycles. The molecule has 0 spiro atoms. The van der Waals surface area contributed by atoms with Gasteiger partial charge in [-0.3, -0.25) is 0 Å². The maximum absolute atomic E-state index is 6.70. The maximum atomic E-state index is 6.70. The van der Waals surface area contributed by atoms with Gasteiger partial charge in [0, 0.05) is 55.7 Å². The lowest BCUT2D eigenvalue weighted by Gasteiger charge is -2.45. The predicted octanol–water partition coefficient (Wildman–Crippen LogP) is 12.1. The molecule has 0 saturated carbocycles. The number of nitrogens with zero attached hydrogens (tertiary/aromatic N) is 2. The second-order valence-electron chi connectivity index (χ2n) is 15.3. The standard InChI is InChI=1S/C54H36N2O2Si/c1-4-16-37(17-5-1)55(38-18-6-2-7-19-38)40-28-33-48-54(34-40)59(41-29-31-45-43-22-10-13-25-49(43)57-51(45)35-41,42-30-32-46-44-23-11-14-26-50(44)58-52(46)36-42)53-27-15-12-24-47(53)56(48)39-20-8-3-9-21-39/h1-36H. The number of para-hydroxylation sites is 6. The summed E-state index contributed by atoms with van der Waals surface area (Å²) in [7, 11) is -3.25. The van der Waals surface area contributed by atoms with E-state index in [2.05, 4.69) is 216 Å². The number of hydrogen-bond acceptors (Lipinski definition) is 4. The van der Waals surface area contributed by atoms with Gasteiger partial charge in [0.05, 0.1) is 0 Å². The molecule has 59 heavy (non-hydrogen) atoms. The van der Waals surface area contributed by atoms with Gasteiger partial charge in [0.25, 0.3) is 0 Å². The number of benzene rings is 9. The van der Waals surface area contributed by atoms with E-state index in [1.807, 2.05) is 12.1 Å². The smallest absolute Gasteiger partial charge is 0.184 e. The Morgan fingerprint density at radius 1 is 0.339 bits per heavy atom. The van der Waals surface area contributed by atoms with Crippen LogP contribution in [0.5, 0.6) is 0 Å². The molecule has 4 nitrogen and oxygen atoms in total. The number of hydrogen-bond donors (Lipinski definition) is 0. The fourth-order valence-corrected chi connectivity index (χ4v) is 14.7. The lowest BCUT2D eigenvalue weighted by Crippen LogP contribution is -2.77.